The van der Waals surface area contributed by atoms with E-state index in [1.807, 2.05) is 0 Å². The number of aromatic nitrogens is 2. The summed E-state index contributed by atoms with van der Waals surface area (Å²) in [5, 5.41) is 13.2. The second-order valence-corrected chi connectivity index (χ2v) is 9.40. The Morgan fingerprint density at radius 2 is 1.66 bits per heavy atom. The molecule has 2 fully saturated rings. The van der Waals surface area contributed by atoms with Crippen LogP contribution in [0.15, 0.2) is 42.5 Å². The highest BCUT2D eigenvalue weighted by atomic mass is 16.5. The van der Waals surface area contributed by atoms with Crippen LogP contribution in [0, 0.1) is 0 Å². The Balaban J connectivity index is 1.53. The summed E-state index contributed by atoms with van der Waals surface area (Å²) in [6.07, 6.45) is 0. The van der Waals surface area contributed by atoms with Gasteiger partial charge in [-0.25, -0.2) is 9.97 Å². The molecule has 0 spiro atoms. The van der Waals surface area contributed by atoms with E-state index >= 15 is 0 Å². The van der Waals surface area contributed by atoms with Crippen molar-refractivity contribution < 1.29 is 14.6 Å². The Morgan fingerprint density at radius 3 is 2.34 bits per heavy atom. The van der Waals surface area contributed by atoms with E-state index in [1.54, 1.807) is 0 Å². The number of aliphatic hydroxyl groups excluding tert-OH is 1. The lowest BCUT2D eigenvalue weighted by atomic mass is 10.1. The fourth-order valence-corrected chi connectivity index (χ4v) is 4.88. The average Bonchev–Trinajstić information content (AvgIpc) is 2.89. The van der Waals surface area contributed by atoms with E-state index in [1.165, 1.54) is 11.3 Å². The molecule has 0 amide bonds. The van der Waals surface area contributed by atoms with Gasteiger partial charge in [0.2, 0.25) is 0 Å². The zero-order chi connectivity index (χ0) is 24.2. The molecule has 3 aromatic rings. The first-order valence-electron chi connectivity index (χ1n) is 12.6. The Kier molecular flexibility index (Phi) is 7.43. The maximum Gasteiger partial charge on any atom is 0.164 e. The number of ether oxygens (including phenoxy) is 2. The molecule has 8 heteroatoms. The quantitative estimate of drug-likeness (QED) is 0.503. The third-order valence-corrected chi connectivity index (χ3v) is 6.84. The molecule has 0 saturated carbocycles. The van der Waals surface area contributed by atoms with Crippen LogP contribution in [0.2, 0.25) is 0 Å². The highest BCUT2D eigenvalue weighted by Crippen LogP contribution is 2.34. The van der Waals surface area contributed by atoms with Crippen LogP contribution in [-0.2, 0) is 16.0 Å². The number of anilines is 2. The highest BCUT2D eigenvalue weighted by Gasteiger charge is 2.26. The third-order valence-electron chi connectivity index (χ3n) is 6.84. The maximum atomic E-state index is 8.96. The van der Waals surface area contributed by atoms with Gasteiger partial charge in [0.15, 0.2) is 5.65 Å². The fraction of sp³-hybridized carbons (Fsp3) is 0.481. The molecule has 2 saturated heterocycles. The van der Waals surface area contributed by atoms with Crippen molar-refractivity contribution in [1.29, 1.82) is 0 Å². The molecule has 1 aromatic carbocycles. The van der Waals surface area contributed by atoms with Crippen LogP contribution in [0.5, 0.6) is 0 Å². The van der Waals surface area contributed by atoms with E-state index in [2.05, 4.69) is 71.4 Å². The van der Waals surface area contributed by atoms with Crippen LogP contribution in [-0.4, -0.2) is 79.8 Å². The zero-order valence-electron chi connectivity index (χ0n) is 20.6. The van der Waals surface area contributed by atoms with Gasteiger partial charge in [0.1, 0.15) is 5.82 Å². The van der Waals surface area contributed by atoms with Crippen molar-refractivity contribution in [3.63, 3.8) is 0 Å². The van der Waals surface area contributed by atoms with Gasteiger partial charge in [-0.1, -0.05) is 24.3 Å². The van der Waals surface area contributed by atoms with E-state index in [4.69, 9.17) is 24.5 Å². The molecule has 0 bridgehead atoms. The lowest BCUT2D eigenvalue weighted by molar-refractivity contribution is 0.0981. The van der Waals surface area contributed by atoms with Crippen molar-refractivity contribution in [1.82, 2.24) is 15.3 Å². The van der Waals surface area contributed by atoms with Crippen molar-refractivity contribution in [3.05, 3.63) is 48.0 Å². The molecular weight excluding hydrogens is 442 g/mol. The van der Waals surface area contributed by atoms with Gasteiger partial charge in [0.05, 0.1) is 50.5 Å². The molecule has 2 aromatic heterocycles. The van der Waals surface area contributed by atoms with Gasteiger partial charge < -0.3 is 29.7 Å². The second-order valence-electron chi connectivity index (χ2n) is 9.40. The van der Waals surface area contributed by atoms with Gasteiger partial charge in [-0.2, -0.15) is 0 Å². The molecule has 0 unspecified atom stereocenters. The molecule has 0 aliphatic carbocycles. The molecule has 2 N–H and O–H groups in total. The lowest BCUT2D eigenvalue weighted by Gasteiger charge is -2.38. The number of nitrogens with one attached hydrogen (secondary N) is 1. The number of aliphatic hydroxyl groups is 1. The van der Waals surface area contributed by atoms with E-state index in [-0.39, 0.29) is 18.7 Å². The first kappa shape index (κ1) is 23.9. The Hall–Kier alpha value is -2.78. The van der Waals surface area contributed by atoms with Crippen molar-refractivity contribution in [2.45, 2.75) is 32.5 Å². The molecule has 5 rings (SSSR count). The highest BCUT2D eigenvalue weighted by molar-refractivity contribution is 5.93. The van der Waals surface area contributed by atoms with E-state index < -0.39 is 0 Å². The molecule has 2 aliphatic heterocycles. The first-order chi connectivity index (χ1) is 17.1. The minimum Gasteiger partial charge on any atom is -0.395 e. The van der Waals surface area contributed by atoms with Crippen LogP contribution >= 0.6 is 0 Å². The predicted molar refractivity (Wildman–Crippen MR) is 139 cm³/mol. The molecule has 4 heterocycles. The lowest BCUT2D eigenvalue weighted by Crippen LogP contribution is -2.45. The number of morpholine rings is 2. The minimum absolute atomic E-state index is 0.141. The predicted octanol–water partition coefficient (Wildman–Crippen LogP) is 2.83. The van der Waals surface area contributed by atoms with Crippen LogP contribution in [0.1, 0.15) is 19.4 Å². The summed E-state index contributed by atoms with van der Waals surface area (Å²) in [7, 11) is 0. The maximum absolute atomic E-state index is 8.96. The second kappa shape index (κ2) is 10.9. The molecule has 186 valence electrons. The zero-order valence-corrected chi connectivity index (χ0v) is 20.6. The summed E-state index contributed by atoms with van der Waals surface area (Å²) in [5.41, 5.74) is 5.08. The number of benzene rings is 1. The van der Waals surface area contributed by atoms with Crippen molar-refractivity contribution in [2.75, 3.05) is 62.5 Å². The van der Waals surface area contributed by atoms with Crippen LogP contribution in [0.25, 0.3) is 22.3 Å². The Labute approximate surface area is 206 Å². The van der Waals surface area contributed by atoms with Crippen LogP contribution in [0.3, 0.4) is 0 Å². The molecule has 2 aliphatic rings. The van der Waals surface area contributed by atoms with Gasteiger partial charge >= 0.3 is 0 Å². The molecule has 0 radical (unpaired) electrons. The van der Waals surface area contributed by atoms with E-state index in [0.29, 0.717) is 19.8 Å². The van der Waals surface area contributed by atoms with E-state index in [9.17, 15) is 0 Å². The minimum atomic E-state index is 0.141. The normalized spacial score (nSPS) is 21.0. The summed E-state index contributed by atoms with van der Waals surface area (Å²) in [6, 6.07) is 15.4. The Bertz CT molecular complexity index is 1140. The van der Waals surface area contributed by atoms with Gasteiger partial charge in [-0.3, -0.25) is 0 Å². The fourth-order valence-electron chi connectivity index (χ4n) is 4.88. The number of hydrogen-bond acceptors (Lipinski definition) is 8. The van der Waals surface area contributed by atoms with Crippen LogP contribution < -0.4 is 15.1 Å². The molecule has 2 atom stereocenters. The van der Waals surface area contributed by atoms with Crippen molar-refractivity contribution in [3.8, 4) is 11.3 Å². The molecular formula is C27H35N5O3. The van der Waals surface area contributed by atoms with Gasteiger partial charge in [0, 0.05) is 49.2 Å². The number of nitrogens with zero attached hydrogens (tertiary/aromatic N) is 4. The van der Waals surface area contributed by atoms with Crippen molar-refractivity contribution in [2.24, 2.45) is 0 Å². The summed E-state index contributed by atoms with van der Waals surface area (Å²) >= 11 is 0. The largest absolute Gasteiger partial charge is 0.395 e. The topological polar surface area (TPSA) is 83.0 Å². The summed E-state index contributed by atoms with van der Waals surface area (Å²) in [5.74, 6) is 0.956. The summed E-state index contributed by atoms with van der Waals surface area (Å²) in [6.45, 7) is 10.4. The summed E-state index contributed by atoms with van der Waals surface area (Å²) < 4.78 is 11.4. The van der Waals surface area contributed by atoms with Crippen LogP contribution in [0.4, 0.5) is 11.5 Å². The number of rotatable bonds is 7. The number of fused-ring (bicyclic) bond motifs is 1. The molecule has 35 heavy (non-hydrogen) atoms. The average molecular weight is 478 g/mol. The smallest absolute Gasteiger partial charge is 0.164 e. The van der Waals surface area contributed by atoms with Gasteiger partial charge in [-0.15, -0.1) is 0 Å². The van der Waals surface area contributed by atoms with E-state index in [0.717, 1.165) is 61.0 Å². The van der Waals surface area contributed by atoms with Crippen molar-refractivity contribution >= 4 is 22.5 Å². The SMILES string of the molecule is C[C@H]1COCCN1c1cc(N2CCOC[C@@H]2C)c2ccc(-c3ccc(CNCCO)cc3)nc2n1. The third kappa shape index (κ3) is 5.26. The number of hydrogen-bond donors (Lipinski definition) is 2. The Morgan fingerprint density at radius 1 is 0.943 bits per heavy atom. The summed E-state index contributed by atoms with van der Waals surface area (Å²) in [4.78, 5) is 14.8. The van der Waals surface area contributed by atoms with Gasteiger partial charge in [0.25, 0.3) is 0 Å². The molecule has 8 nitrogen and oxygen atoms in total. The van der Waals surface area contributed by atoms with Gasteiger partial charge in [-0.05, 0) is 31.5 Å². The first-order valence-corrected chi connectivity index (χ1v) is 12.6. The standard InChI is InChI=1S/C27H35N5O3/c1-19-17-34-13-10-31(19)25-15-26(32-11-14-35-18-20(32)2)30-27-23(25)7-8-24(29-27)22-5-3-21(4-6-22)16-28-9-12-33/h3-8,15,19-20,28,33H,9-14,16-18H2,1-2H3/t19-,20-/m0/s1. The number of pyridine rings is 2. The monoisotopic (exact) mass is 477 g/mol.